The number of hydrogen-bond donors (Lipinski definition) is 2. The summed E-state index contributed by atoms with van der Waals surface area (Å²) in [7, 11) is 0. The summed E-state index contributed by atoms with van der Waals surface area (Å²) >= 11 is 0. The lowest BCUT2D eigenvalue weighted by Gasteiger charge is -2.28. The van der Waals surface area contributed by atoms with Gasteiger partial charge in [0, 0.05) is 25.3 Å². The maximum Gasteiger partial charge on any atom is 0.0693 e. The van der Waals surface area contributed by atoms with Crippen LogP contribution >= 0.6 is 0 Å². The highest BCUT2D eigenvalue weighted by Gasteiger charge is 2.22. The van der Waals surface area contributed by atoms with Gasteiger partial charge in [0.1, 0.15) is 0 Å². The van der Waals surface area contributed by atoms with Gasteiger partial charge in [0.25, 0.3) is 0 Å². The Morgan fingerprint density at radius 1 is 1.47 bits per heavy atom. The lowest BCUT2D eigenvalue weighted by atomic mass is 9.92. The minimum atomic E-state index is -0.175. The first kappa shape index (κ1) is 12.6. The van der Waals surface area contributed by atoms with Crippen LogP contribution in [0, 0.1) is 0 Å². The molecule has 2 unspecified atom stereocenters. The van der Waals surface area contributed by atoms with Gasteiger partial charge in [-0.1, -0.05) is 19.8 Å². The van der Waals surface area contributed by atoms with Crippen molar-refractivity contribution in [3.05, 3.63) is 18.0 Å². The fourth-order valence-corrected chi connectivity index (χ4v) is 2.51. The van der Waals surface area contributed by atoms with E-state index >= 15 is 0 Å². The average molecular weight is 237 g/mol. The highest BCUT2D eigenvalue weighted by molar-refractivity contribution is 5.00. The molecule has 0 aliphatic heterocycles. The minimum Gasteiger partial charge on any atom is -0.392 e. The lowest BCUT2D eigenvalue weighted by Crippen LogP contribution is -2.41. The van der Waals surface area contributed by atoms with Crippen molar-refractivity contribution < 1.29 is 5.11 Å². The SMILES string of the molecule is CCCn1nccc1CNC1CCCCC1O. The second kappa shape index (κ2) is 6.17. The van der Waals surface area contributed by atoms with Gasteiger partial charge < -0.3 is 10.4 Å². The first-order chi connectivity index (χ1) is 8.31. The van der Waals surface area contributed by atoms with E-state index in [2.05, 4.69) is 23.4 Å². The van der Waals surface area contributed by atoms with E-state index in [9.17, 15) is 5.11 Å². The topological polar surface area (TPSA) is 50.1 Å². The fourth-order valence-electron chi connectivity index (χ4n) is 2.51. The summed E-state index contributed by atoms with van der Waals surface area (Å²) in [4.78, 5) is 0. The first-order valence-electron chi connectivity index (χ1n) is 6.73. The Bertz CT molecular complexity index is 337. The molecular weight excluding hydrogens is 214 g/mol. The van der Waals surface area contributed by atoms with Gasteiger partial charge in [0.15, 0.2) is 0 Å². The summed E-state index contributed by atoms with van der Waals surface area (Å²) in [6.45, 7) is 3.93. The van der Waals surface area contributed by atoms with Crippen molar-refractivity contribution in [1.29, 1.82) is 0 Å². The number of aromatic nitrogens is 2. The summed E-state index contributed by atoms with van der Waals surface area (Å²) in [5, 5.41) is 17.6. The summed E-state index contributed by atoms with van der Waals surface area (Å²) in [5.74, 6) is 0. The van der Waals surface area contributed by atoms with Crippen molar-refractivity contribution in [2.24, 2.45) is 0 Å². The molecule has 1 aromatic heterocycles. The molecule has 0 spiro atoms. The van der Waals surface area contributed by atoms with Crippen LogP contribution in [-0.2, 0) is 13.1 Å². The van der Waals surface area contributed by atoms with Crippen LogP contribution in [0.1, 0.15) is 44.7 Å². The van der Waals surface area contributed by atoms with Crippen LogP contribution < -0.4 is 5.32 Å². The molecule has 1 aliphatic carbocycles. The molecule has 0 amide bonds. The predicted molar refractivity (Wildman–Crippen MR) is 67.6 cm³/mol. The van der Waals surface area contributed by atoms with Gasteiger partial charge in [0.05, 0.1) is 11.8 Å². The molecule has 4 heteroatoms. The number of rotatable bonds is 5. The Labute approximate surface area is 103 Å². The molecule has 4 nitrogen and oxygen atoms in total. The lowest BCUT2D eigenvalue weighted by molar-refractivity contribution is 0.0899. The Kier molecular flexibility index (Phi) is 4.57. The third-order valence-electron chi connectivity index (χ3n) is 3.51. The highest BCUT2D eigenvalue weighted by Crippen LogP contribution is 2.18. The Hall–Kier alpha value is -0.870. The quantitative estimate of drug-likeness (QED) is 0.819. The van der Waals surface area contributed by atoms with Gasteiger partial charge >= 0.3 is 0 Å². The molecule has 2 rings (SSSR count). The fraction of sp³-hybridized carbons (Fsp3) is 0.769. The monoisotopic (exact) mass is 237 g/mol. The summed E-state index contributed by atoms with van der Waals surface area (Å²) in [6, 6.07) is 2.31. The third-order valence-corrected chi connectivity index (χ3v) is 3.51. The van der Waals surface area contributed by atoms with Gasteiger partial charge in [-0.05, 0) is 25.3 Å². The number of aliphatic hydroxyl groups is 1. The van der Waals surface area contributed by atoms with Crippen LogP contribution in [0.4, 0.5) is 0 Å². The summed E-state index contributed by atoms with van der Waals surface area (Å²) < 4.78 is 2.04. The zero-order valence-corrected chi connectivity index (χ0v) is 10.6. The summed E-state index contributed by atoms with van der Waals surface area (Å²) in [6.07, 6.45) is 7.18. The van der Waals surface area contributed by atoms with Crippen molar-refractivity contribution in [2.45, 2.75) is 64.3 Å². The Morgan fingerprint density at radius 2 is 2.29 bits per heavy atom. The largest absolute Gasteiger partial charge is 0.392 e. The van der Waals surface area contributed by atoms with E-state index in [1.807, 2.05) is 10.9 Å². The van der Waals surface area contributed by atoms with E-state index in [1.54, 1.807) is 0 Å². The molecule has 2 atom stereocenters. The highest BCUT2D eigenvalue weighted by atomic mass is 16.3. The molecule has 2 N–H and O–H groups in total. The molecular formula is C13H23N3O. The van der Waals surface area contributed by atoms with Crippen molar-refractivity contribution in [3.63, 3.8) is 0 Å². The first-order valence-corrected chi connectivity index (χ1v) is 6.73. The van der Waals surface area contributed by atoms with Crippen molar-refractivity contribution in [2.75, 3.05) is 0 Å². The van der Waals surface area contributed by atoms with Crippen LogP contribution in [0.5, 0.6) is 0 Å². The smallest absolute Gasteiger partial charge is 0.0693 e. The van der Waals surface area contributed by atoms with Gasteiger partial charge in [-0.15, -0.1) is 0 Å². The van der Waals surface area contributed by atoms with Crippen LogP contribution in [0.25, 0.3) is 0 Å². The molecule has 1 aliphatic rings. The number of aryl methyl sites for hydroxylation is 1. The standard InChI is InChI=1S/C13H23N3O/c1-2-9-16-11(7-8-15-16)10-14-12-5-3-4-6-13(12)17/h7-8,12-14,17H,2-6,9-10H2,1H3. The van der Waals surface area contributed by atoms with Gasteiger partial charge in [-0.25, -0.2) is 0 Å². The minimum absolute atomic E-state index is 0.175. The van der Waals surface area contributed by atoms with Crippen molar-refractivity contribution in [3.8, 4) is 0 Å². The van der Waals surface area contributed by atoms with E-state index < -0.39 is 0 Å². The molecule has 96 valence electrons. The number of hydrogen-bond acceptors (Lipinski definition) is 3. The maximum absolute atomic E-state index is 9.89. The molecule has 1 heterocycles. The van der Waals surface area contributed by atoms with Crippen LogP contribution in [0.15, 0.2) is 12.3 Å². The van der Waals surface area contributed by atoms with Crippen molar-refractivity contribution in [1.82, 2.24) is 15.1 Å². The molecule has 17 heavy (non-hydrogen) atoms. The van der Waals surface area contributed by atoms with Crippen LogP contribution in [0.2, 0.25) is 0 Å². The second-order valence-electron chi connectivity index (χ2n) is 4.88. The maximum atomic E-state index is 9.89. The van der Waals surface area contributed by atoms with Crippen LogP contribution in [-0.4, -0.2) is 27.0 Å². The zero-order valence-electron chi connectivity index (χ0n) is 10.6. The second-order valence-corrected chi connectivity index (χ2v) is 4.88. The Balaban J connectivity index is 1.86. The predicted octanol–water partition coefficient (Wildman–Crippen LogP) is 1.69. The van der Waals surface area contributed by atoms with E-state index in [1.165, 1.54) is 12.1 Å². The van der Waals surface area contributed by atoms with Gasteiger partial charge in [0.2, 0.25) is 0 Å². The molecule has 0 aromatic carbocycles. The van der Waals surface area contributed by atoms with Crippen LogP contribution in [0.3, 0.4) is 0 Å². The van der Waals surface area contributed by atoms with E-state index in [0.29, 0.717) is 0 Å². The molecule has 1 fully saturated rings. The van der Waals surface area contributed by atoms with E-state index in [4.69, 9.17) is 0 Å². The number of nitrogens with zero attached hydrogens (tertiary/aromatic N) is 2. The van der Waals surface area contributed by atoms with Gasteiger partial charge in [-0.3, -0.25) is 4.68 Å². The molecule has 1 aromatic rings. The molecule has 0 saturated heterocycles. The molecule has 0 radical (unpaired) electrons. The Morgan fingerprint density at radius 3 is 3.06 bits per heavy atom. The normalized spacial score (nSPS) is 25.1. The zero-order chi connectivity index (χ0) is 12.1. The third kappa shape index (κ3) is 3.30. The van der Waals surface area contributed by atoms with E-state index in [0.717, 1.165) is 38.8 Å². The molecule has 1 saturated carbocycles. The van der Waals surface area contributed by atoms with E-state index in [-0.39, 0.29) is 12.1 Å². The van der Waals surface area contributed by atoms with Crippen molar-refractivity contribution >= 4 is 0 Å². The average Bonchev–Trinajstić information content (AvgIpc) is 2.76. The molecule has 0 bridgehead atoms. The summed E-state index contributed by atoms with van der Waals surface area (Å²) in [5.41, 5.74) is 1.21. The number of nitrogens with one attached hydrogen (secondary N) is 1. The number of aliphatic hydroxyl groups excluding tert-OH is 1. The van der Waals surface area contributed by atoms with Gasteiger partial charge in [-0.2, -0.15) is 5.10 Å².